The second-order valence-electron chi connectivity index (χ2n) is 5.81. The number of aldehydes is 1. The van der Waals surface area contributed by atoms with Crippen molar-refractivity contribution in [3.8, 4) is 0 Å². The van der Waals surface area contributed by atoms with Crippen molar-refractivity contribution in [2.75, 3.05) is 0 Å². The van der Waals surface area contributed by atoms with E-state index in [-0.39, 0.29) is 12.3 Å². The molecule has 0 heterocycles. The van der Waals surface area contributed by atoms with Gasteiger partial charge in [-0.3, -0.25) is 4.79 Å². The summed E-state index contributed by atoms with van der Waals surface area (Å²) in [7, 11) is 0. The van der Waals surface area contributed by atoms with Crippen LogP contribution in [0.25, 0.3) is 0 Å². The van der Waals surface area contributed by atoms with Gasteiger partial charge in [-0.2, -0.15) is 0 Å². The first-order valence-corrected chi connectivity index (χ1v) is 8.17. The van der Waals surface area contributed by atoms with Crippen LogP contribution >= 0.6 is 11.6 Å². The van der Waals surface area contributed by atoms with Gasteiger partial charge in [-0.05, 0) is 42.2 Å². The van der Waals surface area contributed by atoms with E-state index in [1.807, 2.05) is 43.3 Å². The van der Waals surface area contributed by atoms with Gasteiger partial charge in [-0.15, -0.1) is 0 Å². The largest absolute Gasteiger partial charge is 0.346 e. The van der Waals surface area contributed by atoms with E-state index in [2.05, 4.69) is 5.32 Å². The standard InChI is InChI=1S/C19H21ClN2O2/c1-13-4-2-3-5-17(13)18(21)11-19(24)22-16(12-23)10-14-6-8-15(20)9-7-14/h2-9,12,16,18H,10-11,21H2,1H3,(H,22,24). The second kappa shape index (κ2) is 8.62. The van der Waals surface area contributed by atoms with E-state index in [1.54, 1.807) is 12.1 Å². The van der Waals surface area contributed by atoms with Gasteiger partial charge in [0.1, 0.15) is 6.29 Å². The van der Waals surface area contributed by atoms with Crippen LogP contribution in [0, 0.1) is 6.92 Å². The van der Waals surface area contributed by atoms with Crippen LogP contribution in [-0.4, -0.2) is 18.2 Å². The van der Waals surface area contributed by atoms with Crippen molar-refractivity contribution >= 4 is 23.8 Å². The Labute approximate surface area is 147 Å². The lowest BCUT2D eigenvalue weighted by atomic mass is 9.99. The number of carbonyl (C=O) groups excluding carboxylic acids is 2. The molecule has 2 aromatic rings. The zero-order valence-electron chi connectivity index (χ0n) is 13.5. The van der Waals surface area contributed by atoms with Crippen molar-refractivity contribution in [2.45, 2.75) is 31.8 Å². The molecule has 0 saturated heterocycles. The van der Waals surface area contributed by atoms with Crippen LogP contribution in [0.3, 0.4) is 0 Å². The SMILES string of the molecule is Cc1ccccc1C(N)CC(=O)NC(C=O)Cc1ccc(Cl)cc1. The number of halogens is 1. The summed E-state index contributed by atoms with van der Waals surface area (Å²) in [6.45, 7) is 1.96. The van der Waals surface area contributed by atoms with Gasteiger partial charge < -0.3 is 15.8 Å². The number of nitrogens with one attached hydrogen (secondary N) is 1. The van der Waals surface area contributed by atoms with Crippen LogP contribution < -0.4 is 11.1 Å². The Hall–Kier alpha value is -2.17. The molecule has 126 valence electrons. The van der Waals surface area contributed by atoms with Crippen molar-refractivity contribution < 1.29 is 9.59 Å². The first kappa shape index (κ1) is 18.2. The summed E-state index contributed by atoms with van der Waals surface area (Å²) in [6.07, 6.45) is 1.30. The number of hydrogen-bond donors (Lipinski definition) is 2. The predicted octanol–water partition coefficient (Wildman–Crippen LogP) is 2.96. The van der Waals surface area contributed by atoms with Gasteiger partial charge in [-0.25, -0.2) is 0 Å². The molecular formula is C19H21ClN2O2. The summed E-state index contributed by atoms with van der Waals surface area (Å²) in [5.41, 5.74) is 9.03. The molecule has 0 aliphatic rings. The molecule has 0 aromatic heterocycles. The number of aryl methyl sites for hydroxylation is 1. The maximum absolute atomic E-state index is 12.2. The van der Waals surface area contributed by atoms with E-state index in [0.717, 1.165) is 23.0 Å². The molecule has 2 rings (SSSR count). The highest BCUT2D eigenvalue weighted by Gasteiger charge is 2.17. The second-order valence-corrected chi connectivity index (χ2v) is 6.24. The van der Waals surface area contributed by atoms with E-state index < -0.39 is 12.1 Å². The third kappa shape index (κ3) is 5.18. The van der Waals surface area contributed by atoms with Crippen LogP contribution in [0.4, 0.5) is 0 Å². The van der Waals surface area contributed by atoms with Gasteiger partial charge in [0.2, 0.25) is 5.91 Å². The average Bonchev–Trinajstić information content (AvgIpc) is 2.56. The zero-order chi connectivity index (χ0) is 17.5. The lowest BCUT2D eigenvalue weighted by molar-refractivity contribution is -0.124. The fraction of sp³-hybridized carbons (Fsp3) is 0.263. The Morgan fingerprint density at radius 3 is 2.50 bits per heavy atom. The number of rotatable bonds is 7. The van der Waals surface area contributed by atoms with Gasteiger partial charge in [0.15, 0.2) is 0 Å². The number of nitrogens with two attached hydrogens (primary N) is 1. The summed E-state index contributed by atoms with van der Waals surface area (Å²) in [4.78, 5) is 23.4. The van der Waals surface area contributed by atoms with E-state index in [9.17, 15) is 9.59 Å². The minimum Gasteiger partial charge on any atom is -0.346 e. The Morgan fingerprint density at radius 2 is 1.88 bits per heavy atom. The summed E-state index contributed by atoms with van der Waals surface area (Å²) >= 11 is 5.84. The minimum atomic E-state index is -0.581. The van der Waals surface area contributed by atoms with Crippen molar-refractivity contribution in [1.82, 2.24) is 5.32 Å². The molecule has 0 saturated carbocycles. The van der Waals surface area contributed by atoms with Gasteiger partial charge in [0.05, 0.1) is 6.04 Å². The first-order valence-electron chi connectivity index (χ1n) is 7.80. The number of benzene rings is 2. The highest BCUT2D eigenvalue weighted by Crippen LogP contribution is 2.18. The van der Waals surface area contributed by atoms with Crippen LogP contribution in [0.5, 0.6) is 0 Å². The predicted molar refractivity (Wildman–Crippen MR) is 95.9 cm³/mol. The van der Waals surface area contributed by atoms with Crippen molar-refractivity contribution in [3.63, 3.8) is 0 Å². The maximum Gasteiger partial charge on any atom is 0.222 e. The fourth-order valence-electron chi connectivity index (χ4n) is 2.59. The van der Waals surface area contributed by atoms with E-state index in [4.69, 9.17) is 17.3 Å². The lowest BCUT2D eigenvalue weighted by Crippen LogP contribution is -2.39. The van der Waals surface area contributed by atoms with Crippen LogP contribution in [-0.2, 0) is 16.0 Å². The molecule has 1 amide bonds. The average molecular weight is 345 g/mol. The summed E-state index contributed by atoms with van der Waals surface area (Å²) < 4.78 is 0. The maximum atomic E-state index is 12.2. The molecule has 0 fully saturated rings. The summed E-state index contributed by atoms with van der Waals surface area (Å²) in [5, 5.41) is 3.36. The van der Waals surface area contributed by atoms with Gasteiger partial charge in [-0.1, -0.05) is 48.0 Å². The topological polar surface area (TPSA) is 72.2 Å². The smallest absolute Gasteiger partial charge is 0.222 e. The molecule has 5 heteroatoms. The van der Waals surface area contributed by atoms with Crippen LogP contribution in [0.1, 0.15) is 29.2 Å². The molecule has 0 radical (unpaired) electrons. The third-order valence-electron chi connectivity index (χ3n) is 3.87. The molecule has 0 aliphatic heterocycles. The molecule has 2 atom stereocenters. The summed E-state index contributed by atoms with van der Waals surface area (Å²) in [6, 6.07) is 13.9. The van der Waals surface area contributed by atoms with Gasteiger partial charge in [0.25, 0.3) is 0 Å². The fourth-order valence-corrected chi connectivity index (χ4v) is 2.71. The monoisotopic (exact) mass is 344 g/mol. The molecule has 2 aromatic carbocycles. The molecule has 24 heavy (non-hydrogen) atoms. The zero-order valence-corrected chi connectivity index (χ0v) is 14.3. The Kier molecular flexibility index (Phi) is 6.53. The molecular weight excluding hydrogens is 324 g/mol. The number of amides is 1. The van der Waals surface area contributed by atoms with E-state index >= 15 is 0 Å². The first-order chi connectivity index (χ1) is 11.5. The van der Waals surface area contributed by atoms with Gasteiger partial charge in [0, 0.05) is 17.5 Å². The lowest BCUT2D eigenvalue weighted by Gasteiger charge is -2.17. The van der Waals surface area contributed by atoms with Crippen LogP contribution in [0.2, 0.25) is 5.02 Å². The highest BCUT2D eigenvalue weighted by atomic mass is 35.5. The van der Waals surface area contributed by atoms with Crippen molar-refractivity contribution in [2.24, 2.45) is 5.73 Å². The molecule has 3 N–H and O–H groups in total. The van der Waals surface area contributed by atoms with E-state index in [0.29, 0.717) is 11.4 Å². The normalized spacial score (nSPS) is 13.1. The van der Waals surface area contributed by atoms with Crippen LogP contribution in [0.15, 0.2) is 48.5 Å². The molecule has 0 bridgehead atoms. The number of hydrogen-bond acceptors (Lipinski definition) is 3. The Morgan fingerprint density at radius 1 is 1.21 bits per heavy atom. The van der Waals surface area contributed by atoms with Crippen molar-refractivity contribution in [1.29, 1.82) is 0 Å². The highest BCUT2D eigenvalue weighted by molar-refractivity contribution is 6.30. The third-order valence-corrected chi connectivity index (χ3v) is 4.12. The quantitative estimate of drug-likeness (QED) is 0.758. The van der Waals surface area contributed by atoms with Gasteiger partial charge >= 0.3 is 0 Å². The molecule has 4 nitrogen and oxygen atoms in total. The minimum absolute atomic E-state index is 0.135. The Bertz CT molecular complexity index is 701. The molecule has 0 spiro atoms. The van der Waals surface area contributed by atoms with E-state index in [1.165, 1.54) is 0 Å². The number of carbonyl (C=O) groups is 2. The van der Waals surface area contributed by atoms with Crippen molar-refractivity contribution in [3.05, 3.63) is 70.2 Å². The molecule has 2 unspecified atom stereocenters. The Balaban J connectivity index is 1.93. The molecule has 0 aliphatic carbocycles. The summed E-state index contributed by atoms with van der Waals surface area (Å²) in [5.74, 6) is -0.239.